The second-order valence-corrected chi connectivity index (χ2v) is 6.94. The molecule has 4 N–H and O–H groups in total. The second kappa shape index (κ2) is 7.83. The molecule has 13 heteroatoms. The first-order valence-corrected chi connectivity index (χ1v) is 8.91. The third-order valence-electron chi connectivity index (χ3n) is 5.06. The number of carboxylic acid groups (broad SMARTS) is 1. The fraction of sp³-hybridized carbons (Fsp3) is 0.733. The van der Waals surface area contributed by atoms with E-state index < -0.39 is 36.1 Å². The van der Waals surface area contributed by atoms with Crippen LogP contribution in [0, 0.1) is 5.92 Å². The third kappa shape index (κ3) is 3.99. The molecular formula is C15H21F2N5O6. The van der Waals surface area contributed by atoms with E-state index in [2.05, 4.69) is 21.0 Å². The van der Waals surface area contributed by atoms with Crippen LogP contribution in [0.4, 0.5) is 13.6 Å². The monoisotopic (exact) mass is 405 g/mol. The normalized spacial score (nSPS) is 27.5. The molecule has 28 heavy (non-hydrogen) atoms. The van der Waals surface area contributed by atoms with Gasteiger partial charge in [0, 0.05) is 13.1 Å². The van der Waals surface area contributed by atoms with Gasteiger partial charge < -0.3 is 15.3 Å². The highest BCUT2D eigenvalue weighted by Gasteiger charge is 2.53. The summed E-state index contributed by atoms with van der Waals surface area (Å²) in [5, 5.41) is 11.9. The standard InChI is InChI=1S/C15H21F2N5O6/c16-15(17,13(25)26)28-22-9-3-4-10(21(7-9)14(22)27)12(24)20-19-11(23)8-2-1-5-18-6-8/h8-10,18H,1-7H2,(H,19,23)(H,20,24)(H,25,26)/t8-,9-,10+/m1/s1. The molecule has 3 saturated heterocycles. The molecule has 156 valence electrons. The number of hydrogen-bond donors (Lipinski definition) is 4. The predicted octanol–water partition coefficient (Wildman–Crippen LogP) is -0.989. The van der Waals surface area contributed by atoms with Gasteiger partial charge in [0.2, 0.25) is 5.91 Å². The number of carbonyl (C=O) groups excluding carboxylic acids is 3. The van der Waals surface area contributed by atoms with Crippen LogP contribution in [0.5, 0.6) is 0 Å². The number of hydrazine groups is 1. The number of amides is 4. The van der Waals surface area contributed by atoms with E-state index >= 15 is 0 Å². The number of carboxylic acids is 1. The summed E-state index contributed by atoms with van der Waals surface area (Å²) < 4.78 is 26.6. The lowest BCUT2D eigenvalue weighted by molar-refractivity contribution is -0.327. The third-order valence-corrected chi connectivity index (χ3v) is 5.06. The van der Waals surface area contributed by atoms with Crippen LogP contribution >= 0.6 is 0 Å². The molecule has 3 aliphatic rings. The number of nitrogens with zero attached hydrogens (tertiary/aromatic N) is 2. The average molecular weight is 405 g/mol. The molecule has 0 spiro atoms. The summed E-state index contributed by atoms with van der Waals surface area (Å²) in [6.07, 6.45) is -2.71. The molecule has 2 bridgehead atoms. The molecule has 3 aliphatic heterocycles. The van der Waals surface area contributed by atoms with Gasteiger partial charge in [0.15, 0.2) is 0 Å². The number of hydrogen-bond acceptors (Lipinski definition) is 6. The van der Waals surface area contributed by atoms with Crippen LogP contribution in [0.25, 0.3) is 0 Å². The van der Waals surface area contributed by atoms with Gasteiger partial charge in [0.1, 0.15) is 6.04 Å². The summed E-state index contributed by atoms with van der Waals surface area (Å²) in [5.41, 5.74) is 4.60. The molecule has 3 heterocycles. The van der Waals surface area contributed by atoms with Crippen molar-refractivity contribution < 1.29 is 37.9 Å². The number of rotatable bonds is 5. The van der Waals surface area contributed by atoms with Crippen LogP contribution in [0.1, 0.15) is 25.7 Å². The smallest absolute Gasteiger partial charge is 0.475 e. The Hall–Kier alpha value is -2.54. The first-order chi connectivity index (χ1) is 13.2. The Morgan fingerprint density at radius 1 is 1.18 bits per heavy atom. The molecule has 3 rings (SSSR count). The van der Waals surface area contributed by atoms with Crippen molar-refractivity contribution in [3.05, 3.63) is 0 Å². The molecule has 0 saturated carbocycles. The van der Waals surface area contributed by atoms with E-state index in [1.807, 2.05) is 0 Å². The van der Waals surface area contributed by atoms with E-state index in [9.17, 15) is 28.0 Å². The van der Waals surface area contributed by atoms with Crippen molar-refractivity contribution in [3.63, 3.8) is 0 Å². The highest BCUT2D eigenvalue weighted by molar-refractivity contribution is 5.90. The van der Waals surface area contributed by atoms with Gasteiger partial charge in [0.05, 0.1) is 12.0 Å². The lowest BCUT2D eigenvalue weighted by atomic mass is 9.99. The zero-order chi connectivity index (χ0) is 20.5. The predicted molar refractivity (Wildman–Crippen MR) is 86.3 cm³/mol. The summed E-state index contributed by atoms with van der Waals surface area (Å²) in [6, 6.07) is -2.79. The van der Waals surface area contributed by atoms with Gasteiger partial charge >= 0.3 is 18.1 Å². The largest absolute Gasteiger partial charge is 0.476 e. The molecule has 0 aromatic carbocycles. The summed E-state index contributed by atoms with van der Waals surface area (Å²) in [5.74, 6) is -3.81. The minimum atomic E-state index is -4.56. The number of aliphatic carboxylic acids is 1. The molecule has 0 radical (unpaired) electrons. The maximum atomic E-state index is 13.3. The number of fused-ring (bicyclic) bond motifs is 2. The summed E-state index contributed by atoms with van der Waals surface area (Å²) >= 11 is 0. The molecule has 0 aliphatic carbocycles. The zero-order valence-corrected chi connectivity index (χ0v) is 14.8. The quantitative estimate of drug-likeness (QED) is 0.431. The van der Waals surface area contributed by atoms with Gasteiger partial charge in [-0.2, -0.15) is 18.7 Å². The van der Waals surface area contributed by atoms with Crippen LogP contribution in [-0.2, 0) is 19.2 Å². The lowest BCUT2D eigenvalue weighted by Gasteiger charge is -2.29. The Morgan fingerprint density at radius 3 is 2.54 bits per heavy atom. The summed E-state index contributed by atoms with van der Waals surface area (Å²) in [4.78, 5) is 52.4. The number of alkyl halides is 2. The fourth-order valence-electron chi connectivity index (χ4n) is 3.57. The second-order valence-electron chi connectivity index (χ2n) is 6.94. The van der Waals surface area contributed by atoms with Crippen LogP contribution < -0.4 is 16.2 Å². The van der Waals surface area contributed by atoms with Gasteiger partial charge in [-0.1, -0.05) is 0 Å². The highest BCUT2D eigenvalue weighted by atomic mass is 19.3. The maximum absolute atomic E-state index is 13.3. The Labute approximate surface area is 158 Å². The van der Waals surface area contributed by atoms with E-state index in [0.717, 1.165) is 17.9 Å². The van der Waals surface area contributed by atoms with Crippen molar-refractivity contribution in [2.24, 2.45) is 5.92 Å². The Morgan fingerprint density at radius 2 is 1.89 bits per heavy atom. The van der Waals surface area contributed by atoms with Gasteiger partial charge in [-0.25, -0.2) is 9.59 Å². The van der Waals surface area contributed by atoms with Gasteiger partial charge in [-0.05, 0) is 32.2 Å². The van der Waals surface area contributed by atoms with Gasteiger partial charge in [-0.15, -0.1) is 0 Å². The van der Waals surface area contributed by atoms with Crippen LogP contribution in [0.2, 0.25) is 0 Å². The van der Waals surface area contributed by atoms with Crippen molar-refractivity contribution >= 4 is 23.8 Å². The van der Waals surface area contributed by atoms with E-state index in [-0.39, 0.29) is 31.2 Å². The SMILES string of the molecule is O=C(NNC(=O)[C@@H]1CC[C@@H]2CN1C(=O)N2OC(F)(F)C(=O)O)[C@@H]1CCCNC1. The van der Waals surface area contributed by atoms with E-state index in [1.165, 1.54) is 0 Å². The van der Waals surface area contributed by atoms with E-state index in [4.69, 9.17) is 5.11 Å². The Kier molecular flexibility index (Phi) is 5.65. The minimum absolute atomic E-state index is 0.0624. The van der Waals surface area contributed by atoms with E-state index in [0.29, 0.717) is 18.0 Å². The number of carbonyl (C=O) groups is 4. The van der Waals surface area contributed by atoms with Crippen LogP contribution in [0.15, 0.2) is 0 Å². The van der Waals surface area contributed by atoms with Crippen molar-refractivity contribution in [1.82, 2.24) is 26.1 Å². The molecule has 0 aromatic heterocycles. The van der Waals surface area contributed by atoms with Crippen LogP contribution in [0.3, 0.4) is 0 Å². The zero-order valence-electron chi connectivity index (χ0n) is 14.8. The Balaban J connectivity index is 1.56. The molecule has 3 atom stereocenters. The lowest BCUT2D eigenvalue weighted by Crippen LogP contribution is -2.55. The summed E-state index contributed by atoms with van der Waals surface area (Å²) in [6.45, 7) is 1.27. The first-order valence-electron chi connectivity index (χ1n) is 8.91. The molecule has 11 nitrogen and oxygen atoms in total. The van der Waals surface area contributed by atoms with E-state index in [1.54, 1.807) is 0 Å². The Bertz CT molecular complexity index is 671. The van der Waals surface area contributed by atoms with Crippen molar-refractivity contribution in [2.75, 3.05) is 19.6 Å². The number of hydroxylamine groups is 2. The molecule has 4 amide bonds. The van der Waals surface area contributed by atoms with Gasteiger partial charge in [-0.3, -0.25) is 20.4 Å². The minimum Gasteiger partial charge on any atom is -0.475 e. The summed E-state index contributed by atoms with van der Waals surface area (Å²) in [7, 11) is 0. The molecular weight excluding hydrogens is 384 g/mol. The highest BCUT2D eigenvalue weighted by Crippen LogP contribution is 2.33. The van der Waals surface area contributed by atoms with Crippen molar-refractivity contribution in [2.45, 2.75) is 43.9 Å². The molecule has 0 unspecified atom stereocenters. The average Bonchev–Trinajstić information content (AvgIpc) is 2.91. The fourth-order valence-corrected chi connectivity index (χ4v) is 3.57. The number of piperidine rings is 2. The van der Waals surface area contributed by atoms with Crippen LogP contribution in [-0.4, -0.2) is 76.7 Å². The van der Waals surface area contributed by atoms with Gasteiger partial charge in [0.25, 0.3) is 5.91 Å². The number of nitrogens with one attached hydrogen (secondary N) is 3. The maximum Gasteiger partial charge on any atom is 0.476 e. The topological polar surface area (TPSA) is 140 Å². The number of urea groups is 1. The molecule has 0 aromatic rings. The van der Waals surface area contributed by atoms with Crippen molar-refractivity contribution in [3.8, 4) is 0 Å². The number of halogens is 2. The first kappa shape index (κ1) is 20.2. The molecule has 3 fully saturated rings. The van der Waals surface area contributed by atoms with Crippen molar-refractivity contribution in [1.29, 1.82) is 0 Å².